The average molecular weight is 388 g/mol. The molecule has 6 heteroatoms. The Morgan fingerprint density at radius 2 is 1.78 bits per heavy atom. The van der Waals surface area contributed by atoms with E-state index in [0.29, 0.717) is 38.5 Å². The fourth-order valence-electron chi connectivity index (χ4n) is 3.82. The van der Waals surface area contributed by atoms with Crippen molar-refractivity contribution in [3.05, 3.63) is 0 Å². The summed E-state index contributed by atoms with van der Waals surface area (Å²) in [6, 6.07) is 0. The van der Waals surface area contributed by atoms with Gasteiger partial charge in [-0.1, -0.05) is 33.1 Å². The van der Waals surface area contributed by atoms with Crippen molar-refractivity contribution in [2.45, 2.75) is 96.8 Å². The van der Waals surface area contributed by atoms with Crippen LogP contribution in [0.2, 0.25) is 0 Å². The van der Waals surface area contributed by atoms with Crippen molar-refractivity contribution in [2.75, 3.05) is 0 Å². The topological polar surface area (TPSA) is 71.4 Å². The third-order valence-corrected chi connectivity index (χ3v) is 5.59. The van der Waals surface area contributed by atoms with E-state index in [0.717, 1.165) is 19.3 Å². The molecule has 0 amide bonds. The molecule has 1 aliphatic carbocycles. The largest absolute Gasteiger partial charge is 0.481 e. The van der Waals surface area contributed by atoms with Crippen LogP contribution < -0.4 is 0 Å². The van der Waals surface area contributed by atoms with Crippen LogP contribution in [0, 0.1) is 17.8 Å². The van der Waals surface area contributed by atoms with Crippen LogP contribution in [-0.4, -0.2) is 28.6 Å². The van der Waals surface area contributed by atoms with E-state index in [4.69, 9.17) is 5.11 Å². The Morgan fingerprint density at radius 3 is 2.41 bits per heavy atom. The van der Waals surface area contributed by atoms with Gasteiger partial charge in [0.15, 0.2) is 0 Å². The highest BCUT2D eigenvalue weighted by atomic mass is 19.3. The molecule has 1 unspecified atom stereocenters. The summed E-state index contributed by atoms with van der Waals surface area (Å²) in [5, 5.41) is 8.61. The lowest BCUT2D eigenvalue weighted by Gasteiger charge is -2.20. The highest BCUT2D eigenvalue weighted by Crippen LogP contribution is 2.37. The number of aliphatic carboxylic acids is 1. The second kappa shape index (κ2) is 11.5. The number of carboxylic acids is 1. The Balaban J connectivity index is 2.36. The predicted molar refractivity (Wildman–Crippen MR) is 99.8 cm³/mol. The molecule has 1 fully saturated rings. The summed E-state index contributed by atoms with van der Waals surface area (Å²) < 4.78 is 27.9. The first-order chi connectivity index (χ1) is 12.6. The van der Waals surface area contributed by atoms with E-state index in [1.807, 2.05) is 13.8 Å². The minimum atomic E-state index is -3.26. The van der Waals surface area contributed by atoms with Gasteiger partial charge in [0, 0.05) is 31.6 Å². The summed E-state index contributed by atoms with van der Waals surface area (Å²) >= 11 is 0. The summed E-state index contributed by atoms with van der Waals surface area (Å²) in [6.07, 6.45) is 5.35. The Kier molecular flexibility index (Phi) is 10.1. The monoisotopic (exact) mass is 388 g/mol. The second-order valence-corrected chi connectivity index (χ2v) is 8.32. The van der Waals surface area contributed by atoms with Gasteiger partial charge in [-0.3, -0.25) is 14.4 Å². The van der Waals surface area contributed by atoms with Gasteiger partial charge in [-0.15, -0.1) is 0 Å². The number of hydrogen-bond acceptors (Lipinski definition) is 3. The first-order valence-corrected chi connectivity index (χ1v) is 10.3. The molecular weight excluding hydrogens is 354 g/mol. The number of carbonyl (C=O) groups is 3. The second-order valence-electron chi connectivity index (χ2n) is 8.32. The first-order valence-electron chi connectivity index (χ1n) is 10.3. The Morgan fingerprint density at radius 1 is 1.11 bits per heavy atom. The summed E-state index contributed by atoms with van der Waals surface area (Å²) in [5.41, 5.74) is 0. The van der Waals surface area contributed by atoms with Gasteiger partial charge in [0.25, 0.3) is 0 Å². The van der Waals surface area contributed by atoms with Crippen molar-refractivity contribution in [2.24, 2.45) is 17.8 Å². The molecule has 0 saturated heterocycles. The summed E-state index contributed by atoms with van der Waals surface area (Å²) in [4.78, 5) is 34.5. The van der Waals surface area contributed by atoms with Crippen molar-refractivity contribution < 1.29 is 28.3 Å². The number of rotatable bonds is 14. The standard InChI is InChI=1S/C21H34F2O4/c1-15(2)13-14-21(22,23)19(25)12-10-16-9-11-18(24)17(16)7-5-3-4-6-8-20(26)27/h15-17H,3-14H2,1-2H3,(H,26,27)/t16-,17?/m1/s1. The molecule has 0 spiro atoms. The number of hydrogen-bond donors (Lipinski definition) is 1. The Bertz CT molecular complexity index is 502. The van der Waals surface area contributed by atoms with Crippen LogP contribution >= 0.6 is 0 Å². The molecule has 2 atom stereocenters. The summed E-state index contributed by atoms with van der Waals surface area (Å²) in [7, 11) is 0. The van der Waals surface area contributed by atoms with Gasteiger partial charge in [0.05, 0.1) is 0 Å². The first kappa shape index (κ1) is 23.7. The molecule has 0 bridgehead atoms. The molecule has 0 aromatic carbocycles. The number of halogens is 2. The van der Waals surface area contributed by atoms with Crippen molar-refractivity contribution in [3.8, 4) is 0 Å². The third-order valence-electron chi connectivity index (χ3n) is 5.59. The molecule has 1 saturated carbocycles. The van der Waals surface area contributed by atoms with Crippen LogP contribution in [0.25, 0.3) is 0 Å². The SMILES string of the molecule is CC(C)CCC(F)(F)C(=O)CC[C@H]1CCC(=O)C1CCCCCCC(=O)O. The van der Waals surface area contributed by atoms with E-state index < -0.39 is 24.1 Å². The number of unbranched alkanes of at least 4 members (excludes halogenated alkanes) is 3. The van der Waals surface area contributed by atoms with Gasteiger partial charge in [-0.25, -0.2) is 0 Å². The molecule has 27 heavy (non-hydrogen) atoms. The van der Waals surface area contributed by atoms with Gasteiger partial charge < -0.3 is 5.11 Å². The van der Waals surface area contributed by atoms with Crippen molar-refractivity contribution in [1.82, 2.24) is 0 Å². The molecule has 0 radical (unpaired) electrons. The predicted octanol–water partition coefficient (Wildman–Crippen LogP) is 5.43. The van der Waals surface area contributed by atoms with Crippen molar-refractivity contribution >= 4 is 17.5 Å². The molecule has 156 valence electrons. The Labute approximate surface area is 161 Å². The highest BCUT2D eigenvalue weighted by Gasteiger charge is 2.39. The van der Waals surface area contributed by atoms with Crippen LogP contribution in [0.4, 0.5) is 8.78 Å². The van der Waals surface area contributed by atoms with E-state index in [1.165, 1.54) is 0 Å². The number of alkyl halides is 2. The van der Waals surface area contributed by atoms with Crippen LogP contribution in [-0.2, 0) is 14.4 Å². The molecular formula is C21H34F2O4. The smallest absolute Gasteiger partial charge is 0.305 e. The number of ketones is 2. The average Bonchev–Trinajstić information content (AvgIpc) is 2.93. The van der Waals surface area contributed by atoms with Gasteiger partial charge in [0.2, 0.25) is 5.78 Å². The minimum absolute atomic E-state index is 0.0290. The van der Waals surface area contributed by atoms with Crippen LogP contribution in [0.5, 0.6) is 0 Å². The van der Waals surface area contributed by atoms with Crippen molar-refractivity contribution in [1.29, 1.82) is 0 Å². The number of Topliss-reactive ketones (excluding diaryl/α,β-unsaturated/α-hetero) is 2. The lowest BCUT2D eigenvalue weighted by atomic mass is 9.85. The molecule has 4 nitrogen and oxygen atoms in total. The lowest BCUT2D eigenvalue weighted by Crippen LogP contribution is -2.29. The molecule has 0 aliphatic heterocycles. The maximum Gasteiger partial charge on any atom is 0.305 e. The molecule has 0 aromatic heterocycles. The maximum absolute atomic E-state index is 13.9. The van der Waals surface area contributed by atoms with E-state index in [9.17, 15) is 23.2 Å². The van der Waals surface area contributed by atoms with E-state index >= 15 is 0 Å². The molecule has 1 rings (SSSR count). The Hall–Kier alpha value is -1.33. The summed E-state index contributed by atoms with van der Waals surface area (Å²) in [5.74, 6) is -4.82. The maximum atomic E-state index is 13.9. The zero-order chi connectivity index (χ0) is 20.4. The third kappa shape index (κ3) is 8.93. The van der Waals surface area contributed by atoms with Crippen LogP contribution in [0.15, 0.2) is 0 Å². The molecule has 1 N–H and O–H groups in total. The number of carboxylic acid groups (broad SMARTS) is 1. The lowest BCUT2D eigenvalue weighted by molar-refractivity contribution is -0.144. The van der Waals surface area contributed by atoms with Gasteiger partial charge in [0.1, 0.15) is 5.78 Å². The van der Waals surface area contributed by atoms with Crippen LogP contribution in [0.1, 0.15) is 90.9 Å². The minimum Gasteiger partial charge on any atom is -0.481 e. The zero-order valence-corrected chi connectivity index (χ0v) is 16.6. The van der Waals surface area contributed by atoms with Gasteiger partial charge >= 0.3 is 11.9 Å². The van der Waals surface area contributed by atoms with Gasteiger partial charge in [-0.05, 0) is 43.9 Å². The van der Waals surface area contributed by atoms with Crippen molar-refractivity contribution in [3.63, 3.8) is 0 Å². The highest BCUT2D eigenvalue weighted by molar-refractivity contribution is 5.86. The molecule has 0 aromatic rings. The fourth-order valence-corrected chi connectivity index (χ4v) is 3.82. The van der Waals surface area contributed by atoms with Gasteiger partial charge in [-0.2, -0.15) is 8.78 Å². The number of carbonyl (C=O) groups excluding carboxylic acids is 2. The summed E-state index contributed by atoms with van der Waals surface area (Å²) in [6.45, 7) is 3.72. The molecule has 1 aliphatic rings. The normalized spacial score (nSPS) is 20.4. The fraction of sp³-hybridized carbons (Fsp3) is 0.857. The van der Waals surface area contributed by atoms with E-state index in [2.05, 4.69) is 0 Å². The quantitative estimate of drug-likeness (QED) is 0.403. The zero-order valence-electron chi connectivity index (χ0n) is 16.6. The van der Waals surface area contributed by atoms with E-state index in [1.54, 1.807) is 0 Å². The molecule has 0 heterocycles. The van der Waals surface area contributed by atoms with Crippen LogP contribution in [0.3, 0.4) is 0 Å². The van der Waals surface area contributed by atoms with E-state index in [-0.39, 0.29) is 36.4 Å².